The van der Waals surface area contributed by atoms with Gasteiger partial charge in [0.2, 0.25) is 0 Å². The average Bonchev–Trinajstić information content (AvgIpc) is 1.99. The predicted molar refractivity (Wildman–Crippen MR) is 34.8 cm³/mol. The Morgan fingerprint density at radius 1 is 1.33 bits per heavy atom. The van der Waals surface area contributed by atoms with Gasteiger partial charge in [0.25, 0.3) is 0 Å². The Bertz CT molecular complexity index is 123. The molecule has 0 heterocycles. The molecule has 0 rings (SSSR count). The molecule has 1 radical (unpaired) electrons. The molecule has 0 aromatic carbocycles. The number of hydrogen-bond acceptors (Lipinski definition) is 0. The lowest BCUT2D eigenvalue weighted by Crippen LogP contribution is -2.33. The van der Waals surface area contributed by atoms with Crippen LogP contribution in [0.25, 0.3) is 0 Å². The van der Waals surface area contributed by atoms with Gasteiger partial charge in [-0.25, -0.2) is 4.39 Å². The van der Waals surface area contributed by atoms with Gasteiger partial charge in [-0.15, -0.1) is 0 Å². The van der Waals surface area contributed by atoms with Crippen LogP contribution in [0.15, 0.2) is 0 Å². The fourth-order valence-electron chi connectivity index (χ4n) is 0.683. The molecule has 0 N–H and O–H groups in total. The van der Waals surface area contributed by atoms with Crippen molar-refractivity contribution >= 4 is 0 Å². The number of unbranched alkanes of at least 4 members (excludes halogenated alkanes) is 1. The van der Waals surface area contributed by atoms with Crippen LogP contribution in [0.3, 0.4) is 0 Å². The molecule has 0 aliphatic heterocycles. The number of hydrogen-bond donors (Lipinski definition) is 0. The first-order valence-electron chi connectivity index (χ1n) is 3.63. The van der Waals surface area contributed by atoms with Crippen LogP contribution >= 0.6 is 0 Å². The fourth-order valence-corrected chi connectivity index (χ4v) is 0.683. The SMILES string of the molecule is CCCCC(F)C(F)(F)[C](F)F. The molecule has 0 aromatic heterocycles. The molecule has 0 fully saturated rings. The van der Waals surface area contributed by atoms with Gasteiger partial charge in [-0.3, -0.25) is 0 Å². The van der Waals surface area contributed by atoms with Gasteiger partial charge >= 0.3 is 12.3 Å². The van der Waals surface area contributed by atoms with E-state index in [4.69, 9.17) is 0 Å². The minimum Gasteiger partial charge on any atom is -0.241 e. The Morgan fingerprint density at radius 2 is 1.83 bits per heavy atom. The minimum atomic E-state index is -4.57. The minimum absolute atomic E-state index is 0.185. The maximum atomic E-state index is 12.4. The largest absolute Gasteiger partial charge is 0.381 e. The highest BCUT2D eigenvalue weighted by Gasteiger charge is 2.50. The summed E-state index contributed by atoms with van der Waals surface area (Å²) in [6, 6.07) is 0. The summed E-state index contributed by atoms with van der Waals surface area (Å²) in [5, 5.41) is 0. The van der Waals surface area contributed by atoms with E-state index in [1.165, 1.54) is 0 Å². The second kappa shape index (κ2) is 4.62. The van der Waals surface area contributed by atoms with E-state index < -0.39 is 24.9 Å². The second-order valence-corrected chi connectivity index (χ2v) is 2.49. The highest BCUT2D eigenvalue weighted by atomic mass is 19.3. The monoisotopic (exact) mass is 189 g/mol. The van der Waals surface area contributed by atoms with E-state index >= 15 is 0 Å². The van der Waals surface area contributed by atoms with E-state index in [1.54, 1.807) is 6.92 Å². The standard InChI is InChI=1S/C7H10F5/c1-2-3-4-5(8)7(11,12)6(9)10/h5H,2-4H2,1H3. The summed E-state index contributed by atoms with van der Waals surface area (Å²) in [6.45, 7) is 1.67. The van der Waals surface area contributed by atoms with Crippen molar-refractivity contribution in [3.05, 3.63) is 6.43 Å². The topological polar surface area (TPSA) is 0 Å². The molecule has 0 spiro atoms. The van der Waals surface area contributed by atoms with Gasteiger partial charge in [0.1, 0.15) is 0 Å². The Hall–Kier alpha value is -0.350. The lowest BCUT2D eigenvalue weighted by molar-refractivity contribution is -0.116. The summed E-state index contributed by atoms with van der Waals surface area (Å²) in [5.41, 5.74) is 0. The Labute approximate surface area is 67.8 Å². The third-order valence-electron chi connectivity index (χ3n) is 1.46. The number of rotatable bonds is 5. The first-order valence-corrected chi connectivity index (χ1v) is 3.63. The third-order valence-corrected chi connectivity index (χ3v) is 1.46. The van der Waals surface area contributed by atoms with Crippen molar-refractivity contribution in [3.8, 4) is 0 Å². The molecule has 73 valence electrons. The van der Waals surface area contributed by atoms with Crippen LogP contribution < -0.4 is 0 Å². The maximum Gasteiger partial charge on any atom is 0.381 e. The van der Waals surface area contributed by atoms with Crippen LogP contribution in [0.5, 0.6) is 0 Å². The molecule has 0 saturated heterocycles. The molecule has 0 amide bonds. The maximum absolute atomic E-state index is 12.4. The number of halogens is 5. The van der Waals surface area contributed by atoms with Crippen molar-refractivity contribution in [3.63, 3.8) is 0 Å². The number of alkyl halides is 3. The highest BCUT2D eigenvalue weighted by molar-refractivity contribution is 4.89. The predicted octanol–water partition coefficient (Wildman–Crippen LogP) is 3.58. The fraction of sp³-hybridized carbons (Fsp3) is 0.857. The highest BCUT2D eigenvalue weighted by Crippen LogP contribution is 2.36. The summed E-state index contributed by atoms with van der Waals surface area (Å²) in [5.74, 6) is -4.57. The van der Waals surface area contributed by atoms with E-state index in [9.17, 15) is 22.0 Å². The molecule has 0 aliphatic carbocycles. The van der Waals surface area contributed by atoms with Gasteiger partial charge in [-0.2, -0.15) is 17.6 Å². The summed E-state index contributed by atoms with van der Waals surface area (Å²) >= 11 is 0. The summed E-state index contributed by atoms with van der Waals surface area (Å²) < 4.78 is 59.4. The van der Waals surface area contributed by atoms with Crippen molar-refractivity contribution in [2.75, 3.05) is 0 Å². The quantitative estimate of drug-likeness (QED) is 0.580. The average molecular weight is 189 g/mol. The van der Waals surface area contributed by atoms with Gasteiger partial charge in [-0.1, -0.05) is 19.8 Å². The summed E-state index contributed by atoms with van der Waals surface area (Å²) in [6.07, 6.45) is -5.75. The molecular weight excluding hydrogens is 179 g/mol. The Morgan fingerprint density at radius 3 is 2.17 bits per heavy atom. The molecular formula is C7H10F5. The molecule has 1 atom stereocenters. The van der Waals surface area contributed by atoms with Crippen LogP contribution in [-0.2, 0) is 0 Å². The van der Waals surface area contributed by atoms with E-state index in [1.807, 2.05) is 0 Å². The van der Waals surface area contributed by atoms with Gasteiger partial charge in [0, 0.05) is 0 Å². The molecule has 0 aliphatic rings. The van der Waals surface area contributed by atoms with Crippen molar-refractivity contribution < 1.29 is 22.0 Å². The van der Waals surface area contributed by atoms with Crippen molar-refractivity contribution in [1.82, 2.24) is 0 Å². The van der Waals surface area contributed by atoms with Crippen LogP contribution in [0.2, 0.25) is 0 Å². The molecule has 0 saturated carbocycles. The van der Waals surface area contributed by atoms with Gasteiger partial charge < -0.3 is 0 Å². The lowest BCUT2D eigenvalue weighted by atomic mass is 10.1. The van der Waals surface area contributed by atoms with Crippen molar-refractivity contribution in [2.24, 2.45) is 0 Å². The molecule has 0 nitrogen and oxygen atoms in total. The third kappa shape index (κ3) is 2.95. The molecule has 1 unspecified atom stereocenters. The van der Waals surface area contributed by atoms with Crippen LogP contribution in [0.1, 0.15) is 26.2 Å². The van der Waals surface area contributed by atoms with Gasteiger partial charge in [0.15, 0.2) is 6.17 Å². The zero-order chi connectivity index (χ0) is 9.78. The smallest absolute Gasteiger partial charge is 0.241 e. The van der Waals surface area contributed by atoms with Crippen LogP contribution in [0, 0.1) is 6.43 Å². The van der Waals surface area contributed by atoms with E-state index in [2.05, 4.69) is 0 Å². The van der Waals surface area contributed by atoms with Crippen molar-refractivity contribution in [1.29, 1.82) is 0 Å². The van der Waals surface area contributed by atoms with E-state index in [0.717, 1.165) is 0 Å². The lowest BCUT2D eigenvalue weighted by Gasteiger charge is -2.17. The summed E-state index contributed by atoms with van der Waals surface area (Å²) in [7, 11) is 0. The zero-order valence-corrected chi connectivity index (χ0v) is 6.59. The van der Waals surface area contributed by atoms with Crippen LogP contribution in [-0.4, -0.2) is 12.1 Å². The molecule has 0 aromatic rings. The Kier molecular flexibility index (Phi) is 4.49. The molecule has 12 heavy (non-hydrogen) atoms. The summed E-state index contributed by atoms with van der Waals surface area (Å²) in [4.78, 5) is 0. The normalized spacial score (nSPS) is 15.2. The molecule has 5 heteroatoms. The zero-order valence-electron chi connectivity index (χ0n) is 6.59. The van der Waals surface area contributed by atoms with Gasteiger partial charge in [-0.05, 0) is 6.42 Å². The van der Waals surface area contributed by atoms with E-state index in [0.29, 0.717) is 6.42 Å². The molecule has 0 bridgehead atoms. The second-order valence-electron chi connectivity index (χ2n) is 2.49. The first-order chi connectivity index (χ1) is 5.42. The first kappa shape index (κ1) is 11.6. The Balaban J connectivity index is 3.97. The van der Waals surface area contributed by atoms with Gasteiger partial charge in [0.05, 0.1) is 0 Å². The van der Waals surface area contributed by atoms with Crippen LogP contribution in [0.4, 0.5) is 22.0 Å². The van der Waals surface area contributed by atoms with E-state index in [-0.39, 0.29) is 6.42 Å². The van der Waals surface area contributed by atoms with Crippen molar-refractivity contribution in [2.45, 2.75) is 38.3 Å².